The molecule has 0 saturated heterocycles. The molecule has 1 amide bonds. The monoisotopic (exact) mass is 454 g/mol. The summed E-state index contributed by atoms with van der Waals surface area (Å²) in [5.41, 5.74) is 0.402. The molecule has 2 N–H and O–H groups in total. The Morgan fingerprint density at radius 3 is 2.55 bits per heavy atom. The predicted molar refractivity (Wildman–Crippen MR) is 130 cm³/mol. The van der Waals surface area contributed by atoms with Gasteiger partial charge in [0.15, 0.2) is 0 Å². The third-order valence-electron chi connectivity index (χ3n) is 6.77. The third kappa shape index (κ3) is 7.00. The quantitative estimate of drug-likeness (QED) is 0.499. The number of ether oxygens (including phenoxy) is 1. The molecule has 0 radical (unpaired) electrons. The van der Waals surface area contributed by atoms with Gasteiger partial charge in [0.05, 0.1) is 11.7 Å². The smallest absolute Gasteiger partial charge is 0.340 e. The maximum absolute atomic E-state index is 13.2. The predicted octanol–water partition coefficient (Wildman–Crippen LogP) is 4.89. The average molecular weight is 455 g/mol. The molecule has 0 unspecified atom stereocenters. The number of aliphatic hydroxyl groups is 1. The Balaban J connectivity index is 1.80. The number of esters is 1. The molecule has 3 atom stereocenters. The summed E-state index contributed by atoms with van der Waals surface area (Å²) in [7, 11) is 1.62. The second-order valence-corrected chi connectivity index (χ2v) is 9.84. The SMILES string of the molecule is CNC(=O)[C@@H](CC(C)C)C[C@H](O)[C@H](CC1CCCCC1)OC(=O)c1cncc2ccccc12. The number of fused-ring (bicyclic) bond motifs is 1. The van der Waals surface area contributed by atoms with Gasteiger partial charge in [-0.15, -0.1) is 0 Å². The van der Waals surface area contributed by atoms with Gasteiger partial charge in [0.2, 0.25) is 5.91 Å². The molecule has 2 aromatic rings. The Bertz CT molecular complexity index is 918. The minimum absolute atomic E-state index is 0.0799. The molecule has 1 aromatic heterocycles. The van der Waals surface area contributed by atoms with E-state index in [1.165, 1.54) is 25.5 Å². The van der Waals surface area contributed by atoms with Crippen molar-refractivity contribution in [1.29, 1.82) is 0 Å². The van der Waals surface area contributed by atoms with Crippen LogP contribution in [0.4, 0.5) is 0 Å². The van der Waals surface area contributed by atoms with E-state index in [0.29, 0.717) is 30.2 Å². The van der Waals surface area contributed by atoms with E-state index in [4.69, 9.17) is 4.74 Å². The van der Waals surface area contributed by atoms with Crippen LogP contribution in [0.3, 0.4) is 0 Å². The van der Waals surface area contributed by atoms with Gasteiger partial charge in [0, 0.05) is 30.7 Å². The van der Waals surface area contributed by atoms with Crippen molar-refractivity contribution in [3.05, 3.63) is 42.2 Å². The number of hydrogen-bond donors (Lipinski definition) is 2. The zero-order valence-electron chi connectivity index (χ0n) is 20.1. The average Bonchev–Trinajstić information content (AvgIpc) is 2.82. The number of amides is 1. The molecule has 1 aliphatic rings. The lowest BCUT2D eigenvalue weighted by Gasteiger charge is -2.31. The molecule has 0 aliphatic heterocycles. The zero-order chi connectivity index (χ0) is 23.8. The first-order valence-corrected chi connectivity index (χ1v) is 12.3. The second-order valence-electron chi connectivity index (χ2n) is 9.84. The van der Waals surface area contributed by atoms with Crippen molar-refractivity contribution in [2.75, 3.05) is 7.05 Å². The van der Waals surface area contributed by atoms with Crippen LogP contribution in [0.2, 0.25) is 0 Å². The number of aromatic nitrogens is 1. The van der Waals surface area contributed by atoms with Crippen LogP contribution < -0.4 is 5.32 Å². The highest BCUT2D eigenvalue weighted by molar-refractivity contribution is 6.03. The van der Waals surface area contributed by atoms with Gasteiger partial charge in [0.25, 0.3) is 0 Å². The third-order valence-corrected chi connectivity index (χ3v) is 6.77. The summed E-state index contributed by atoms with van der Waals surface area (Å²) in [6, 6.07) is 7.58. The Morgan fingerprint density at radius 2 is 1.85 bits per heavy atom. The van der Waals surface area contributed by atoms with Crippen LogP contribution >= 0.6 is 0 Å². The van der Waals surface area contributed by atoms with Crippen LogP contribution in [-0.2, 0) is 9.53 Å². The van der Waals surface area contributed by atoms with Crippen LogP contribution in [0, 0.1) is 17.8 Å². The lowest BCUT2D eigenvalue weighted by Crippen LogP contribution is -2.38. The van der Waals surface area contributed by atoms with E-state index < -0.39 is 18.2 Å². The van der Waals surface area contributed by atoms with Crippen molar-refractivity contribution in [2.45, 2.75) is 77.4 Å². The maximum Gasteiger partial charge on any atom is 0.340 e. The summed E-state index contributed by atoms with van der Waals surface area (Å²) in [6.45, 7) is 4.13. The summed E-state index contributed by atoms with van der Waals surface area (Å²) in [5, 5.41) is 15.6. The van der Waals surface area contributed by atoms with Gasteiger partial charge in [-0.1, -0.05) is 70.2 Å². The second kappa shape index (κ2) is 12.1. The van der Waals surface area contributed by atoms with Crippen molar-refractivity contribution in [1.82, 2.24) is 10.3 Å². The van der Waals surface area contributed by atoms with E-state index in [2.05, 4.69) is 24.1 Å². The van der Waals surface area contributed by atoms with E-state index in [1.807, 2.05) is 24.3 Å². The highest BCUT2D eigenvalue weighted by atomic mass is 16.6. The first-order chi connectivity index (χ1) is 15.9. The standard InChI is InChI=1S/C27H38N2O4/c1-18(2)13-21(26(31)28-3)15-24(30)25(14-19-9-5-4-6-10-19)33-27(32)23-17-29-16-20-11-7-8-12-22(20)23/h7-8,11-12,16-19,21,24-25,30H,4-6,9-10,13-15H2,1-3H3,(H,28,31)/t21-,24-,25-/m0/s1. The molecule has 6 heteroatoms. The van der Waals surface area contributed by atoms with E-state index in [-0.39, 0.29) is 18.2 Å². The van der Waals surface area contributed by atoms with Gasteiger partial charge >= 0.3 is 5.97 Å². The lowest BCUT2D eigenvalue weighted by molar-refractivity contribution is -0.127. The first-order valence-electron chi connectivity index (χ1n) is 12.3. The minimum atomic E-state index is -0.903. The number of nitrogens with one attached hydrogen (secondary N) is 1. The van der Waals surface area contributed by atoms with Crippen molar-refractivity contribution in [3.8, 4) is 0 Å². The van der Waals surface area contributed by atoms with E-state index in [0.717, 1.165) is 23.6 Å². The molecule has 1 aromatic carbocycles. The Kier molecular flexibility index (Phi) is 9.24. The fourth-order valence-corrected chi connectivity index (χ4v) is 5.04. The Morgan fingerprint density at radius 1 is 1.12 bits per heavy atom. The number of rotatable bonds is 10. The fraction of sp³-hybridized carbons (Fsp3) is 0.593. The fourth-order valence-electron chi connectivity index (χ4n) is 5.04. The van der Waals surface area contributed by atoms with Gasteiger partial charge in [-0.25, -0.2) is 4.79 Å². The maximum atomic E-state index is 13.2. The van der Waals surface area contributed by atoms with Crippen LogP contribution in [0.5, 0.6) is 0 Å². The molecule has 6 nitrogen and oxygen atoms in total. The number of carbonyl (C=O) groups excluding carboxylic acids is 2. The van der Waals surface area contributed by atoms with Crippen molar-refractivity contribution in [3.63, 3.8) is 0 Å². The normalized spacial score (nSPS) is 17.5. The number of carbonyl (C=O) groups is 2. The summed E-state index contributed by atoms with van der Waals surface area (Å²) >= 11 is 0. The van der Waals surface area contributed by atoms with Crippen molar-refractivity contribution < 1.29 is 19.4 Å². The van der Waals surface area contributed by atoms with Crippen LogP contribution in [0.25, 0.3) is 10.8 Å². The van der Waals surface area contributed by atoms with Gasteiger partial charge in [-0.05, 0) is 36.5 Å². The van der Waals surface area contributed by atoms with Gasteiger partial charge in [-0.3, -0.25) is 9.78 Å². The lowest BCUT2D eigenvalue weighted by atomic mass is 9.82. The van der Waals surface area contributed by atoms with Crippen LogP contribution in [-0.4, -0.2) is 41.2 Å². The molecule has 180 valence electrons. The number of pyridine rings is 1. The molecule has 1 saturated carbocycles. The number of benzene rings is 1. The van der Waals surface area contributed by atoms with Crippen LogP contribution in [0.15, 0.2) is 36.7 Å². The van der Waals surface area contributed by atoms with Crippen LogP contribution in [0.1, 0.15) is 75.6 Å². The summed E-state index contributed by atoms with van der Waals surface area (Å²) in [6.07, 6.45) is 9.00. The molecular formula is C27H38N2O4. The van der Waals surface area contributed by atoms with E-state index >= 15 is 0 Å². The van der Waals surface area contributed by atoms with Crippen molar-refractivity contribution in [2.24, 2.45) is 17.8 Å². The van der Waals surface area contributed by atoms with Gasteiger partial charge < -0.3 is 15.2 Å². The molecule has 0 spiro atoms. The molecule has 3 rings (SSSR count). The minimum Gasteiger partial charge on any atom is -0.456 e. The largest absolute Gasteiger partial charge is 0.456 e. The molecule has 0 bridgehead atoms. The summed E-state index contributed by atoms with van der Waals surface area (Å²) in [5.74, 6) is -0.138. The summed E-state index contributed by atoms with van der Waals surface area (Å²) in [4.78, 5) is 29.9. The first kappa shape index (κ1) is 25.2. The summed E-state index contributed by atoms with van der Waals surface area (Å²) < 4.78 is 5.97. The highest BCUT2D eigenvalue weighted by Crippen LogP contribution is 2.31. The topological polar surface area (TPSA) is 88.5 Å². The highest BCUT2D eigenvalue weighted by Gasteiger charge is 2.32. The van der Waals surface area contributed by atoms with E-state index in [1.54, 1.807) is 13.2 Å². The molecule has 1 fully saturated rings. The molecule has 33 heavy (non-hydrogen) atoms. The Hall–Kier alpha value is -2.47. The van der Waals surface area contributed by atoms with E-state index in [9.17, 15) is 14.7 Å². The van der Waals surface area contributed by atoms with Crippen molar-refractivity contribution >= 4 is 22.6 Å². The molecule has 1 heterocycles. The zero-order valence-corrected chi connectivity index (χ0v) is 20.1. The molecule has 1 aliphatic carbocycles. The number of nitrogens with zero attached hydrogens (tertiary/aromatic N) is 1. The van der Waals surface area contributed by atoms with Gasteiger partial charge in [0.1, 0.15) is 6.10 Å². The number of aliphatic hydroxyl groups excluding tert-OH is 1. The van der Waals surface area contributed by atoms with Gasteiger partial charge in [-0.2, -0.15) is 0 Å². The Labute approximate surface area is 197 Å². The number of hydrogen-bond acceptors (Lipinski definition) is 5. The molecular weight excluding hydrogens is 416 g/mol.